The van der Waals surface area contributed by atoms with Crippen LogP contribution in [0.4, 0.5) is 30.2 Å². The molecular weight excluding hydrogens is 469 g/mol. The van der Waals surface area contributed by atoms with Gasteiger partial charge in [-0.1, -0.05) is 33.8 Å². The van der Waals surface area contributed by atoms with Crippen molar-refractivity contribution in [1.29, 1.82) is 0 Å². The Bertz CT molecular complexity index is 972. The van der Waals surface area contributed by atoms with E-state index in [4.69, 9.17) is 9.84 Å². The van der Waals surface area contributed by atoms with Gasteiger partial charge in [0.05, 0.1) is 30.3 Å². The minimum Gasteiger partial charge on any atom is -0.494 e. The molecule has 0 radical (unpaired) electrons. The van der Waals surface area contributed by atoms with Crippen LogP contribution in [0.3, 0.4) is 0 Å². The van der Waals surface area contributed by atoms with Crippen LogP contribution in [0, 0.1) is 24.4 Å². The van der Waals surface area contributed by atoms with E-state index in [1.54, 1.807) is 13.0 Å². The first-order valence-corrected chi connectivity index (χ1v) is 12.4. The van der Waals surface area contributed by atoms with Crippen LogP contribution in [0.2, 0.25) is 0 Å². The fraction of sp³-hybridized carbons (Fsp3) is 0.500. The van der Waals surface area contributed by atoms with Gasteiger partial charge in [-0.15, -0.1) is 0 Å². The second kappa shape index (κ2) is 13.6. The van der Waals surface area contributed by atoms with Gasteiger partial charge < -0.3 is 20.3 Å². The number of rotatable bonds is 9. The summed E-state index contributed by atoms with van der Waals surface area (Å²) in [5, 5.41) is 21.3. The molecule has 192 valence electrons. The topological polar surface area (TPSA) is 90.8 Å². The van der Waals surface area contributed by atoms with Crippen LogP contribution in [-0.2, 0) is 11.0 Å². The van der Waals surface area contributed by atoms with Crippen molar-refractivity contribution in [3.63, 3.8) is 0 Å². The van der Waals surface area contributed by atoms with Gasteiger partial charge in [0.2, 0.25) is 0 Å². The molecule has 2 atom stereocenters. The fourth-order valence-corrected chi connectivity index (χ4v) is 4.56. The van der Waals surface area contributed by atoms with Gasteiger partial charge in [-0.2, -0.15) is 0 Å². The predicted octanol–water partition coefficient (Wildman–Crippen LogP) is 5.57. The molecule has 2 aromatic rings. The number of methoxy groups -OCH3 is 1. The maximum atomic E-state index is 14.7. The van der Waals surface area contributed by atoms with Gasteiger partial charge in [0.1, 0.15) is 33.9 Å². The number of aliphatic hydroxyl groups excluding tert-OH is 2. The van der Waals surface area contributed by atoms with E-state index in [2.05, 4.69) is 10.0 Å². The van der Waals surface area contributed by atoms with Crippen molar-refractivity contribution >= 4 is 28.0 Å². The van der Waals surface area contributed by atoms with Crippen LogP contribution in [0.5, 0.6) is 5.75 Å². The van der Waals surface area contributed by atoms with Crippen molar-refractivity contribution in [2.75, 3.05) is 23.8 Å². The SMILES string of the molecule is CC.CC.COc1cc(F)c(F)c(Nc2ccc(C)cc2F)c1NS(=O)C1(CC(O)CO)CC1. The lowest BCUT2D eigenvalue weighted by atomic mass is 10.2. The van der Waals surface area contributed by atoms with Crippen LogP contribution in [-0.4, -0.2) is 39.0 Å². The number of aliphatic hydroxyl groups is 2. The Labute approximate surface area is 202 Å². The van der Waals surface area contributed by atoms with E-state index < -0.39 is 51.6 Å². The van der Waals surface area contributed by atoms with E-state index >= 15 is 0 Å². The Hall–Kier alpha value is -2.30. The highest BCUT2D eigenvalue weighted by Crippen LogP contribution is 2.48. The summed E-state index contributed by atoms with van der Waals surface area (Å²) in [6, 6.07) is 5.01. The Morgan fingerprint density at radius 3 is 2.21 bits per heavy atom. The number of hydrogen-bond acceptors (Lipinski definition) is 5. The number of hydrogen-bond donors (Lipinski definition) is 4. The standard InChI is InChI=1S/C20H23F3N2O4S.2C2H6/c1-11-3-4-15(13(21)7-11)24-19-17(23)14(22)8-16(29-2)18(19)25-30(28)20(5-6-20)9-12(27)10-26;2*1-2/h3-4,7-8,12,24-27H,5-6,9-10H2,1-2H3;2*1-2H3. The van der Waals surface area contributed by atoms with Crippen molar-refractivity contribution in [2.24, 2.45) is 0 Å². The quantitative estimate of drug-likeness (QED) is 0.359. The van der Waals surface area contributed by atoms with Gasteiger partial charge in [0.25, 0.3) is 0 Å². The number of nitrogens with one attached hydrogen (secondary N) is 2. The fourth-order valence-electron chi connectivity index (χ4n) is 3.14. The molecule has 2 unspecified atom stereocenters. The van der Waals surface area contributed by atoms with Crippen LogP contribution < -0.4 is 14.8 Å². The molecule has 1 aliphatic carbocycles. The molecule has 1 saturated carbocycles. The molecule has 6 nitrogen and oxygen atoms in total. The monoisotopic (exact) mass is 504 g/mol. The first-order chi connectivity index (χ1) is 16.2. The Balaban J connectivity index is 0.00000137. The van der Waals surface area contributed by atoms with Gasteiger partial charge in [-0.05, 0) is 43.9 Å². The molecule has 0 bridgehead atoms. The molecule has 2 aromatic carbocycles. The smallest absolute Gasteiger partial charge is 0.184 e. The van der Waals surface area contributed by atoms with Gasteiger partial charge in [-0.3, -0.25) is 4.72 Å². The second-order valence-electron chi connectivity index (χ2n) is 7.33. The summed E-state index contributed by atoms with van der Waals surface area (Å²) >= 11 is 0. The molecule has 34 heavy (non-hydrogen) atoms. The molecule has 1 fully saturated rings. The molecule has 4 N–H and O–H groups in total. The first kappa shape index (κ1) is 29.7. The summed E-state index contributed by atoms with van der Waals surface area (Å²) in [4.78, 5) is 0. The summed E-state index contributed by atoms with van der Waals surface area (Å²) in [6.45, 7) is 9.21. The zero-order valence-corrected chi connectivity index (χ0v) is 21.3. The minimum atomic E-state index is -1.82. The summed E-state index contributed by atoms with van der Waals surface area (Å²) in [5.41, 5.74) is -0.0494. The van der Waals surface area contributed by atoms with E-state index in [0.717, 1.165) is 6.07 Å². The largest absolute Gasteiger partial charge is 0.494 e. The van der Waals surface area contributed by atoms with Crippen molar-refractivity contribution in [3.05, 3.63) is 47.3 Å². The van der Waals surface area contributed by atoms with Crippen LogP contribution in [0.25, 0.3) is 0 Å². The van der Waals surface area contributed by atoms with Crippen molar-refractivity contribution in [3.8, 4) is 5.75 Å². The summed E-state index contributed by atoms with van der Waals surface area (Å²) in [5.74, 6) is -3.32. The normalized spacial score (nSPS) is 15.0. The van der Waals surface area contributed by atoms with Crippen LogP contribution in [0.15, 0.2) is 24.3 Å². The van der Waals surface area contributed by atoms with Crippen LogP contribution >= 0.6 is 0 Å². The summed E-state index contributed by atoms with van der Waals surface area (Å²) in [7, 11) is -0.585. The molecule has 10 heteroatoms. The average molecular weight is 505 g/mol. The van der Waals surface area contributed by atoms with Crippen molar-refractivity contribution in [2.45, 2.75) is 64.7 Å². The highest BCUT2D eigenvalue weighted by atomic mass is 32.2. The highest BCUT2D eigenvalue weighted by Gasteiger charge is 2.50. The molecule has 1 aliphatic rings. The Kier molecular flexibility index (Phi) is 11.9. The zero-order chi connectivity index (χ0) is 26.1. The Morgan fingerprint density at radius 2 is 1.71 bits per heavy atom. The third kappa shape index (κ3) is 7.10. The first-order valence-electron chi connectivity index (χ1n) is 11.3. The number of benzene rings is 2. The number of ether oxygens (including phenoxy) is 1. The molecule has 0 saturated heterocycles. The van der Waals surface area contributed by atoms with Crippen molar-refractivity contribution in [1.82, 2.24) is 0 Å². The second-order valence-corrected chi connectivity index (χ2v) is 8.93. The lowest BCUT2D eigenvalue weighted by Crippen LogP contribution is -2.30. The van der Waals surface area contributed by atoms with E-state index in [9.17, 15) is 22.5 Å². The predicted molar refractivity (Wildman–Crippen MR) is 131 cm³/mol. The lowest BCUT2D eigenvalue weighted by Gasteiger charge is -2.22. The molecule has 0 spiro atoms. The van der Waals surface area contributed by atoms with Gasteiger partial charge in [0, 0.05) is 6.07 Å². The maximum absolute atomic E-state index is 14.7. The van der Waals surface area contributed by atoms with E-state index in [1.165, 1.54) is 19.2 Å². The number of halogens is 3. The molecule has 0 aliphatic heterocycles. The third-order valence-corrected chi connectivity index (χ3v) is 6.75. The maximum Gasteiger partial charge on any atom is 0.184 e. The number of aryl methyl sites for hydroxylation is 1. The molecular formula is C24H35F3N2O4S. The minimum absolute atomic E-state index is 0.0739. The lowest BCUT2D eigenvalue weighted by molar-refractivity contribution is 0.0862. The highest BCUT2D eigenvalue weighted by molar-refractivity contribution is 7.88. The third-order valence-electron chi connectivity index (χ3n) is 5.00. The summed E-state index contributed by atoms with van der Waals surface area (Å²) < 4.78 is 63.0. The van der Waals surface area contributed by atoms with E-state index in [1.807, 2.05) is 27.7 Å². The zero-order valence-electron chi connectivity index (χ0n) is 20.5. The molecule has 0 aromatic heterocycles. The van der Waals surface area contributed by atoms with Crippen LogP contribution in [0.1, 0.15) is 52.5 Å². The average Bonchev–Trinajstić information content (AvgIpc) is 3.62. The summed E-state index contributed by atoms with van der Waals surface area (Å²) in [6.07, 6.45) is 0.0601. The molecule has 0 heterocycles. The van der Waals surface area contributed by atoms with E-state index in [0.29, 0.717) is 18.4 Å². The van der Waals surface area contributed by atoms with E-state index in [-0.39, 0.29) is 23.5 Å². The Morgan fingerprint density at radius 1 is 1.09 bits per heavy atom. The number of anilines is 3. The van der Waals surface area contributed by atoms with Gasteiger partial charge in [-0.25, -0.2) is 17.4 Å². The molecule has 0 amide bonds. The molecule has 3 rings (SSSR count). The van der Waals surface area contributed by atoms with Gasteiger partial charge >= 0.3 is 0 Å². The van der Waals surface area contributed by atoms with Gasteiger partial charge in [0.15, 0.2) is 11.6 Å². The van der Waals surface area contributed by atoms with Crippen molar-refractivity contribution < 1.29 is 32.3 Å².